The Morgan fingerprint density at radius 1 is 0.757 bits per heavy atom. The molecule has 3 aromatic carbocycles. The predicted octanol–water partition coefficient (Wildman–Crippen LogP) is 3.19. The van der Waals surface area contributed by atoms with Gasteiger partial charge in [-0.25, -0.2) is 4.98 Å². The Labute approximate surface area is 214 Å². The zero-order valence-electron chi connectivity index (χ0n) is 20.2. The van der Waals surface area contributed by atoms with Gasteiger partial charge < -0.3 is 9.80 Å². The lowest BCUT2D eigenvalue weighted by atomic mass is 10.0. The second kappa shape index (κ2) is 9.46. The molecule has 0 spiro atoms. The Balaban J connectivity index is 1.23. The van der Waals surface area contributed by atoms with Gasteiger partial charge in [-0.1, -0.05) is 54.6 Å². The SMILES string of the molecule is O=C(C(Cc1ccccc1)N1C(=O)c2ccccc2C1=O)N1CCN(c2cnc3ccccc3n2)CC1. The zero-order valence-corrected chi connectivity index (χ0v) is 20.2. The van der Waals surface area contributed by atoms with Crippen molar-refractivity contribution >= 4 is 34.6 Å². The molecule has 0 aliphatic carbocycles. The molecule has 1 saturated heterocycles. The number of nitrogens with zero attached hydrogens (tertiary/aromatic N) is 5. The number of anilines is 1. The normalized spacial score (nSPS) is 16.3. The van der Waals surface area contributed by atoms with E-state index in [4.69, 9.17) is 4.98 Å². The third kappa shape index (κ3) is 4.20. The van der Waals surface area contributed by atoms with Crippen molar-refractivity contribution in [3.63, 3.8) is 0 Å². The lowest BCUT2D eigenvalue weighted by molar-refractivity contribution is -0.135. The van der Waals surface area contributed by atoms with Crippen molar-refractivity contribution in [1.29, 1.82) is 0 Å². The van der Waals surface area contributed by atoms with Gasteiger partial charge in [0, 0.05) is 32.6 Å². The van der Waals surface area contributed by atoms with Crippen LogP contribution in [0.1, 0.15) is 26.3 Å². The van der Waals surface area contributed by atoms with Gasteiger partial charge in [-0.05, 0) is 29.8 Å². The fraction of sp³-hybridized carbons (Fsp3) is 0.207. The van der Waals surface area contributed by atoms with E-state index in [0.717, 1.165) is 27.3 Å². The van der Waals surface area contributed by atoms with E-state index in [1.165, 1.54) is 0 Å². The van der Waals surface area contributed by atoms with E-state index in [1.54, 1.807) is 35.4 Å². The molecular weight excluding hydrogens is 466 g/mol. The third-order valence-corrected chi connectivity index (χ3v) is 7.05. The summed E-state index contributed by atoms with van der Waals surface area (Å²) in [6.45, 7) is 2.08. The summed E-state index contributed by atoms with van der Waals surface area (Å²) in [5.41, 5.74) is 3.25. The molecular formula is C29H25N5O3. The average Bonchev–Trinajstić information content (AvgIpc) is 3.21. The smallest absolute Gasteiger partial charge is 0.262 e. The van der Waals surface area contributed by atoms with Gasteiger partial charge in [0.15, 0.2) is 0 Å². The van der Waals surface area contributed by atoms with Gasteiger partial charge in [0.25, 0.3) is 11.8 Å². The predicted molar refractivity (Wildman–Crippen MR) is 139 cm³/mol. The van der Waals surface area contributed by atoms with E-state index in [0.29, 0.717) is 37.3 Å². The molecule has 0 saturated carbocycles. The standard InChI is InChI=1S/C29H25N5O3/c35-27-21-10-4-5-11-22(21)28(36)34(27)25(18-20-8-2-1-3-9-20)29(37)33-16-14-32(15-17-33)26-19-30-23-12-6-7-13-24(23)31-26/h1-13,19,25H,14-18H2. The second-order valence-electron chi connectivity index (χ2n) is 9.26. The molecule has 37 heavy (non-hydrogen) atoms. The number of para-hydroxylation sites is 2. The molecule has 1 atom stereocenters. The number of rotatable bonds is 5. The summed E-state index contributed by atoms with van der Waals surface area (Å²) in [6.07, 6.45) is 2.03. The Morgan fingerprint density at radius 2 is 1.35 bits per heavy atom. The van der Waals surface area contributed by atoms with Crippen molar-refractivity contribution in [2.75, 3.05) is 31.1 Å². The summed E-state index contributed by atoms with van der Waals surface area (Å²) in [7, 11) is 0. The number of piperazine rings is 1. The molecule has 3 amide bonds. The first-order valence-electron chi connectivity index (χ1n) is 12.4. The number of benzene rings is 3. The molecule has 1 fully saturated rings. The van der Waals surface area contributed by atoms with Crippen molar-refractivity contribution in [2.24, 2.45) is 0 Å². The highest BCUT2D eigenvalue weighted by Gasteiger charge is 2.44. The van der Waals surface area contributed by atoms with Gasteiger partial charge in [-0.3, -0.25) is 24.3 Å². The van der Waals surface area contributed by atoms with Crippen LogP contribution < -0.4 is 4.90 Å². The minimum Gasteiger partial charge on any atom is -0.352 e. The van der Waals surface area contributed by atoms with Crippen LogP contribution in [0.15, 0.2) is 85.1 Å². The van der Waals surface area contributed by atoms with Crippen LogP contribution in [0.5, 0.6) is 0 Å². The van der Waals surface area contributed by atoms with E-state index in [1.807, 2.05) is 54.6 Å². The summed E-state index contributed by atoms with van der Waals surface area (Å²) < 4.78 is 0. The lowest BCUT2D eigenvalue weighted by Crippen LogP contribution is -2.56. The van der Waals surface area contributed by atoms with Gasteiger partial charge in [0.05, 0.1) is 28.4 Å². The van der Waals surface area contributed by atoms with Crippen molar-refractivity contribution in [3.8, 4) is 0 Å². The molecule has 6 rings (SSSR count). The van der Waals surface area contributed by atoms with Gasteiger partial charge in [-0.15, -0.1) is 0 Å². The Kier molecular flexibility index (Phi) is 5.84. The van der Waals surface area contributed by atoms with E-state index >= 15 is 0 Å². The van der Waals surface area contributed by atoms with Crippen LogP contribution in [0.2, 0.25) is 0 Å². The first-order valence-corrected chi connectivity index (χ1v) is 12.4. The van der Waals surface area contributed by atoms with Gasteiger partial charge in [0.1, 0.15) is 11.9 Å². The van der Waals surface area contributed by atoms with Gasteiger partial charge >= 0.3 is 0 Å². The monoisotopic (exact) mass is 491 g/mol. The summed E-state index contributed by atoms with van der Waals surface area (Å²) in [6, 6.07) is 23.1. The molecule has 2 aliphatic rings. The molecule has 1 aromatic heterocycles. The number of imide groups is 1. The van der Waals surface area contributed by atoms with Crippen LogP contribution >= 0.6 is 0 Å². The molecule has 2 aliphatic heterocycles. The van der Waals surface area contributed by atoms with Crippen LogP contribution in [-0.4, -0.2) is 69.7 Å². The molecule has 0 N–H and O–H groups in total. The summed E-state index contributed by atoms with van der Waals surface area (Å²) in [4.78, 5) is 54.7. The first kappa shape index (κ1) is 22.8. The first-order chi connectivity index (χ1) is 18.1. The summed E-state index contributed by atoms with van der Waals surface area (Å²) >= 11 is 0. The van der Waals surface area contributed by atoms with Crippen LogP contribution in [0.4, 0.5) is 5.82 Å². The number of carbonyl (C=O) groups excluding carboxylic acids is 3. The molecule has 8 nitrogen and oxygen atoms in total. The molecule has 0 radical (unpaired) electrons. The van der Waals surface area contributed by atoms with Crippen molar-refractivity contribution in [2.45, 2.75) is 12.5 Å². The number of fused-ring (bicyclic) bond motifs is 2. The highest BCUT2D eigenvalue weighted by atomic mass is 16.2. The van der Waals surface area contributed by atoms with Crippen molar-refractivity contribution < 1.29 is 14.4 Å². The van der Waals surface area contributed by atoms with E-state index < -0.39 is 17.9 Å². The Morgan fingerprint density at radius 3 is 2.03 bits per heavy atom. The molecule has 0 bridgehead atoms. The van der Waals surface area contributed by atoms with E-state index in [9.17, 15) is 14.4 Å². The maximum Gasteiger partial charge on any atom is 0.262 e. The molecule has 3 heterocycles. The number of aromatic nitrogens is 2. The molecule has 184 valence electrons. The van der Waals surface area contributed by atoms with Crippen molar-refractivity contribution in [3.05, 3.63) is 102 Å². The maximum absolute atomic E-state index is 13.9. The number of hydrogen-bond donors (Lipinski definition) is 0. The largest absolute Gasteiger partial charge is 0.352 e. The van der Waals surface area contributed by atoms with E-state index in [-0.39, 0.29) is 12.3 Å². The minimum atomic E-state index is -0.915. The van der Waals surface area contributed by atoms with Crippen LogP contribution in [-0.2, 0) is 11.2 Å². The fourth-order valence-corrected chi connectivity index (χ4v) is 5.08. The lowest BCUT2D eigenvalue weighted by Gasteiger charge is -2.38. The number of carbonyl (C=O) groups is 3. The van der Waals surface area contributed by atoms with Crippen molar-refractivity contribution in [1.82, 2.24) is 19.8 Å². The second-order valence-corrected chi connectivity index (χ2v) is 9.26. The van der Waals surface area contributed by atoms with E-state index in [2.05, 4.69) is 9.88 Å². The highest BCUT2D eigenvalue weighted by molar-refractivity contribution is 6.22. The Bertz CT molecular complexity index is 1460. The number of amides is 3. The summed E-state index contributed by atoms with van der Waals surface area (Å²) in [5.74, 6) is -0.283. The van der Waals surface area contributed by atoms with Crippen LogP contribution in [0.25, 0.3) is 11.0 Å². The average molecular weight is 492 g/mol. The fourth-order valence-electron chi connectivity index (χ4n) is 5.08. The maximum atomic E-state index is 13.9. The number of hydrogen-bond acceptors (Lipinski definition) is 6. The van der Waals surface area contributed by atoms with Crippen LogP contribution in [0, 0.1) is 0 Å². The minimum absolute atomic E-state index is 0.220. The molecule has 4 aromatic rings. The molecule has 8 heteroatoms. The Hall–Kier alpha value is -4.59. The van der Waals surface area contributed by atoms with Gasteiger partial charge in [-0.2, -0.15) is 0 Å². The summed E-state index contributed by atoms with van der Waals surface area (Å²) in [5, 5.41) is 0. The quantitative estimate of drug-likeness (QED) is 0.399. The van der Waals surface area contributed by atoms with Gasteiger partial charge in [0.2, 0.25) is 5.91 Å². The topological polar surface area (TPSA) is 86.7 Å². The highest BCUT2D eigenvalue weighted by Crippen LogP contribution is 2.27. The zero-order chi connectivity index (χ0) is 25.4. The third-order valence-electron chi connectivity index (χ3n) is 7.05. The molecule has 1 unspecified atom stereocenters. The van der Waals surface area contributed by atoms with Crippen LogP contribution in [0.3, 0.4) is 0 Å².